The highest BCUT2D eigenvalue weighted by Crippen LogP contribution is 2.30. The first kappa shape index (κ1) is 25.9. The minimum absolute atomic E-state index is 0.0512. The number of nitrogen functional groups attached to an aromatic ring is 1. The highest BCUT2D eigenvalue weighted by atomic mass is 32.2. The number of fused-ring (bicyclic) bond motifs is 1. The standard InChI is InChI=1S/C27H22F2N8OS/c1-14(35-26-22(25(31)33-13-34-26)23(30)16-6-9-20(39-2)32-11-16)24-21(15-4-3-5-17(28)10-15)27(38)37-12-18(29)7-8-19(37)36-24/h3-14,30H,1-2H3,(H3,31,33,34,35)/t14-/m0/s1. The van der Waals surface area contributed by atoms with Gasteiger partial charge in [0.25, 0.3) is 5.56 Å². The van der Waals surface area contributed by atoms with Crippen LogP contribution in [0.3, 0.4) is 0 Å². The van der Waals surface area contributed by atoms with Crippen molar-refractivity contribution >= 4 is 34.8 Å². The van der Waals surface area contributed by atoms with E-state index < -0.39 is 23.2 Å². The molecule has 0 saturated carbocycles. The van der Waals surface area contributed by atoms with E-state index in [0.29, 0.717) is 5.56 Å². The van der Waals surface area contributed by atoms with Crippen molar-refractivity contribution in [2.75, 3.05) is 17.3 Å². The third kappa shape index (κ3) is 5.06. The maximum absolute atomic E-state index is 14.2. The fourth-order valence-electron chi connectivity index (χ4n) is 4.18. The maximum Gasteiger partial charge on any atom is 0.266 e. The molecule has 1 atom stereocenters. The number of hydrogen-bond donors (Lipinski definition) is 3. The number of nitrogens with one attached hydrogen (secondary N) is 2. The Morgan fingerprint density at radius 1 is 1.10 bits per heavy atom. The highest BCUT2D eigenvalue weighted by molar-refractivity contribution is 7.98. The van der Waals surface area contributed by atoms with E-state index in [0.717, 1.165) is 15.6 Å². The van der Waals surface area contributed by atoms with Gasteiger partial charge in [0.2, 0.25) is 0 Å². The Hall–Kier alpha value is -4.71. The van der Waals surface area contributed by atoms with E-state index in [2.05, 4.69) is 25.3 Å². The van der Waals surface area contributed by atoms with Crippen LogP contribution in [0.25, 0.3) is 16.8 Å². The number of rotatable bonds is 7. The van der Waals surface area contributed by atoms with Crippen LogP contribution < -0.4 is 16.6 Å². The van der Waals surface area contributed by atoms with Crippen LogP contribution >= 0.6 is 11.8 Å². The number of nitrogens with zero attached hydrogens (tertiary/aromatic N) is 5. The lowest BCUT2D eigenvalue weighted by Gasteiger charge is -2.20. The van der Waals surface area contributed by atoms with Crippen molar-refractivity contribution in [3.05, 3.63) is 106 Å². The summed E-state index contributed by atoms with van der Waals surface area (Å²) in [4.78, 5) is 30.9. The Bertz CT molecular complexity index is 1780. The van der Waals surface area contributed by atoms with Crippen LogP contribution in [0.4, 0.5) is 20.4 Å². The molecule has 12 heteroatoms. The summed E-state index contributed by atoms with van der Waals surface area (Å²) in [5.41, 5.74) is 7.27. The molecule has 0 bridgehead atoms. The number of aromatic nitrogens is 5. The van der Waals surface area contributed by atoms with E-state index in [1.807, 2.05) is 6.26 Å². The molecule has 39 heavy (non-hydrogen) atoms. The van der Waals surface area contributed by atoms with Crippen LogP contribution in [0.2, 0.25) is 0 Å². The van der Waals surface area contributed by atoms with Crippen LogP contribution in [0, 0.1) is 17.0 Å². The van der Waals surface area contributed by atoms with E-state index in [-0.39, 0.29) is 45.4 Å². The second-order valence-electron chi connectivity index (χ2n) is 8.58. The molecule has 0 aliphatic heterocycles. The smallest absolute Gasteiger partial charge is 0.266 e. The van der Waals surface area contributed by atoms with Crippen LogP contribution in [-0.2, 0) is 0 Å². The summed E-state index contributed by atoms with van der Waals surface area (Å²) < 4.78 is 29.2. The third-order valence-electron chi connectivity index (χ3n) is 6.05. The average molecular weight is 545 g/mol. The molecule has 0 spiro atoms. The van der Waals surface area contributed by atoms with Gasteiger partial charge in [-0.1, -0.05) is 12.1 Å². The Balaban J connectivity index is 1.62. The predicted octanol–water partition coefficient (Wildman–Crippen LogP) is 4.72. The Labute approximate surface area is 225 Å². The molecule has 5 rings (SSSR count). The number of nitrogens with two attached hydrogens (primary N) is 1. The van der Waals surface area contributed by atoms with Crippen molar-refractivity contribution in [2.45, 2.75) is 18.0 Å². The normalized spacial score (nSPS) is 11.9. The van der Waals surface area contributed by atoms with Crippen molar-refractivity contribution in [1.82, 2.24) is 24.3 Å². The minimum Gasteiger partial charge on any atom is -0.383 e. The molecule has 1 aromatic carbocycles. The molecular formula is C27H22F2N8OS. The first-order valence-corrected chi connectivity index (χ1v) is 12.9. The Morgan fingerprint density at radius 2 is 1.92 bits per heavy atom. The van der Waals surface area contributed by atoms with Crippen LogP contribution in [-0.4, -0.2) is 36.3 Å². The van der Waals surface area contributed by atoms with Crippen molar-refractivity contribution in [2.24, 2.45) is 0 Å². The lowest BCUT2D eigenvalue weighted by Crippen LogP contribution is -2.24. The van der Waals surface area contributed by atoms with Crippen molar-refractivity contribution in [1.29, 1.82) is 5.41 Å². The maximum atomic E-state index is 14.2. The number of anilines is 2. The first-order valence-electron chi connectivity index (χ1n) is 11.7. The quantitative estimate of drug-likeness (QED) is 0.198. The molecule has 0 saturated heterocycles. The van der Waals surface area contributed by atoms with E-state index in [4.69, 9.17) is 11.1 Å². The first-order chi connectivity index (χ1) is 18.8. The molecule has 4 heterocycles. The zero-order chi connectivity index (χ0) is 27.7. The number of halogens is 2. The highest BCUT2D eigenvalue weighted by Gasteiger charge is 2.23. The second kappa shape index (κ2) is 10.6. The van der Waals surface area contributed by atoms with Gasteiger partial charge in [0.1, 0.15) is 35.2 Å². The van der Waals surface area contributed by atoms with Gasteiger partial charge in [-0.2, -0.15) is 0 Å². The average Bonchev–Trinajstić information content (AvgIpc) is 2.93. The lowest BCUT2D eigenvalue weighted by atomic mass is 10.0. The molecule has 0 unspecified atom stereocenters. The number of thioether (sulfide) groups is 1. The largest absolute Gasteiger partial charge is 0.383 e. The van der Waals surface area contributed by atoms with E-state index in [1.54, 1.807) is 31.3 Å². The molecule has 4 N–H and O–H groups in total. The third-order valence-corrected chi connectivity index (χ3v) is 6.71. The summed E-state index contributed by atoms with van der Waals surface area (Å²) in [7, 11) is 0. The van der Waals surface area contributed by atoms with Gasteiger partial charge in [0.15, 0.2) is 0 Å². The molecule has 0 amide bonds. The molecule has 4 aromatic heterocycles. The Kier molecular flexibility index (Phi) is 7.03. The second-order valence-corrected chi connectivity index (χ2v) is 9.40. The summed E-state index contributed by atoms with van der Waals surface area (Å²) in [5, 5.41) is 12.8. The summed E-state index contributed by atoms with van der Waals surface area (Å²) in [6, 6.07) is 11.0. The van der Waals surface area contributed by atoms with Gasteiger partial charge >= 0.3 is 0 Å². The van der Waals surface area contributed by atoms with Gasteiger partial charge < -0.3 is 11.1 Å². The molecule has 0 aliphatic rings. The van der Waals surface area contributed by atoms with Gasteiger partial charge in [-0.05, 0) is 55.1 Å². The fraction of sp³-hybridized carbons (Fsp3) is 0.111. The summed E-state index contributed by atoms with van der Waals surface area (Å²) in [5.74, 6) is -0.843. The van der Waals surface area contributed by atoms with Crippen molar-refractivity contribution in [3.8, 4) is 11.1 Å². The van der Waals surface area contributed by atoms with Crippen LogP contribution in [0.5, 0.6) is 0 Å². The monoisotopic (exact) mass is 544 g/mol. The summed E-state index contributed by atoms with van der Waals surface area (Å²) in [6.07, 6.45) is 5.77. The van der Waals surface area contributed by atoms with Gasteiger partial charge in [0.05, 0.1) is 33.6 Å². The minimum atomic E-state index is -0.677. The topological polar surface area (TPSA) is 135 Å². The lowest BCUT2D eigenvalue weighted by molar-refractivity contribution is 0.617. The number of hydrogen-bond acceptors (Lipinski definition) is 9. The Morgan fingerprint density at radius 3 is 2.64 bits per heavy atom. The predicted molar refractivity (Wildman–Crippen MR) is 147 cm³/mol. The zero-order valence-corrected chi connectivity index (χ0v) is 21.6. The van der Waals surface area contributed by atoms with Crippen LogP contribution in [0.15, 0.2) is 77.1 Å². The van der Waals surface area contributed by atoms with Crippen LogP contribution in [0.1, 0.15) is 29.8 Å². The molecule has 9 nitrogen and oxygen atoms in total. The zero-order valence-electron chi connectivity index (χ0n) is 20.8. The van der Waals surface area contributed by atoms with E-state index >= 15 is 0 Å². The molecule has 196 valence electrons. The summed E-state index contributed by atoms with van der Waals surface area (Å²) in [6.45, 7) is 1.74. The molecule has 0 aliphatic carbocycles. The van der Waals surface area contributed by atoms with Gasteiger partial charge in [-0.15, -0.1) is 11.8 Å². The SMILES string of the molecule is CSc1ccc(C(=N)c2c(N)ncnc2N[C@@H](C)c2nc3ccc(F)cn3c(=O)c2-c2cccc(F)c2)cn1. The van der Waals surface area contributed by atoms with E-state index in [1.165, 1.54) is 48.4 Å². The molecular weight excluding hydrogens is 522 g/mol. The van der Waals surface area contributed by atoms with Gasteiger partial charge in [-0.3, -0.25) is 14.6 Å². The number of benzene rings is 1. The number of pyridine rings is 2. The fourth-order valence-corrected chi connectivity index (χ4v) is 4.54. The van der Waals surface area contributed by atoms with Crippen molar-refractivity contribution < 1.29 is 8.78 Å². The van der Waals surface area contributed by atoms with E-state index in [9.17, 15) is 13.6 Å². The van der Waals surface area contributed by atoms with Crippen molar-refractivity contribution in [3.63, 3.8) is 0 Å². The summed E-state index contributed by atoms with van der Waals surface area (Å²) >= 11 is 1.48. The molecule has 0 fully saturated rings. The van der Waals surface area contributed by atoms with Gasteiger partial charge in [0, 0.05) is 18.0 Å². The van der Waals surface area contributed by atoms with Gasteiger partial charge in [-0.25, -0.2) is 28.7 Å². The molecule has 0 radical (unpaired) electrons. The molecule has 5 aromatic rings.